The van der Waals surface area contributed by atoms with Crippen LogP contribution in [0.3, 0.4) is 0 Å². The van der Waals surface area contributed by atoms with Gasteiger partial charge < -0.3 is 19.3 Å². The third kappa shape index (κ3) is 3.60. The minimum Gasteiger partial charge on any atom is -0.360 e. The number of nitrogens with one attached hydrogen (secondary N) is 1. The number of fused-ring (bicyclic) bond motifs is 1. The van der Waals surface area contributed by atoms with Crippen LogP contribution >= 0.6 is 11.3 Å². The number of thiophene rings is 1. The Morgan fingerprint density at radius 2 is 2.04 bits per heavy atom. The van der Waals surface area contributed by atoms with Gasteiger partial charge in [-0.15, -0.1) is 11.3 Å². The Bertz CT molecular complexity index is 1000. The number of amides is 2. The van der Waals surface area contributed by atoms with Crippen molar-refractivity contribution in [2.45, 2.75) is 32.6 Å². The minimum atomic E-state index is -0.309. The molecule has 0 bridgehead atoms. The van der Waals surface area contributed by atoms with E-state index in [4.69, 9.17) is 4.52 Å². The summed E-state index contributed by atoms with van der Waals surface area (Å²) in [5.41, 5.74) is 1.87. The smallest absolute Gasteiger partial charge is 0.257 e. The fourth-order valence-electron chi connectivity index (χ4n) is 3.51. The van der Waals surface area contributed by atoms with Crippen molar-refractivity contribution in [3.8, 4) is 5.00 Å². The molecule has 3 heterocycles. The molecule has 4 rings (SSSR count). The second-order valence-electron chi connectivity index (χ2n) is 7.01. The number of rotatable bonds is 5. The van der Waals surface area contributed by atoms with Crippen molar-refractivity contribution < 1.29 is 14.1 Å². The van der Waals surface area contributed by atoms with E-state index in [9.17, 15) is 9.59 Å². The van der Waals surface area contributed by atoms with Crippen LogP contribution in [0, 0.1) is 6.92 Å². The van der Waals surface area contributed by atoms with Crippen LogP contribution in [-0.4, -0.2) is 40.0 Å². The van der Waals surface area contributed by atoms with Crippen molar-refractivity contribution >= 4 is 29.0 Å². The van der Waals surface area contributed by atoms with Gasteiger partial charge in [-0.2, -0.15) is 0 Å². The van der Waals surface area contributed by atoms with Gasteiger partial charge in [-0.3, -0.25) is 9.59 Å². The monoisotopic (exact) mass is 398 g/mol. The molecule has 3 aromatic rings. The van der Waals surface area contributed by atoms with Gasteiger partial charge in [-0.25, -0.2) is 0 Å². The van der Waals surface area contributed by atoms with E-state index >= 15 is 0 Å². The fraction of sp³-hybridized carbons (Fsp3) is 0.350. The fourth-order valence-corrected chi connectivity index (χ4v) is 4.86. The first kappa shape index (κ1) is 18.5. The lowest BCUT2D eigenvalue weighted by Crippen LogP contribution is -2.35. The number of aryl methyl sites for hydroxylation is 2. The number of carbonyl (C=O) groups is 2. The summed E-state index contributed by atoms with van der Waals surface area (Å²) >= 11 is 1.68. The van der Waals surface area contributed by atoms with Crippen LogP contribution in [0.4, 0.5) is 5.82 Å². The first-order valence-electron chi connectivity index (χ1n) is 9.29. The molecule has 2 amide bonds. The Morgan fingerprint density at radius 3 is 2.75 bits per heavy atom. The first-order chi connectivity index (χ1) is 13.5. The average Bonchev–Trinajstić information content (AvgIpc) is 3.40. The van der Waals surface area contributed by atoms with E-state index in [1.54, 1.807) is 31.4 Å². The molecule has 0 unspecified atom stereocenters. The molecule has 0 saturated carbocycles. The van der Waals surface area contributed by atoms with Gasteiger partial charge in [0.2, 0.25) is 5.91 Å². The van der Waals surface area contributed by atoms with E-state index in [-0.39, 0.29) is 18.4 Å². The number of hydrogen-bond acceptors (Lipinski definition) is 5. The van der Waals surface area contributed by atoms with Gasteiger partial charge in [-0.05, 0) is 50.3 Å². The zero-order valence-corrected chi connectivity index (χ0v) is 16.7. The molecule has 0 fully saturated rings. The molecule has 1 aliphatic rings. The van der Waals surface area contributed by atoms with Crippen molar-refractivity contribution in [3.05, 3.63) is 52.4 Å². The van der Waals surface area contributed by atoms with Gasteiger partial charge in [0.25, 0.3) is 5.91 Å². The lowest BCUT2D eigenvalue weighted by molar-refractivity contribution is -0.116. The van der Waals surface area contributed by atoms with Crippen molar-refractivity contribution in [1.29, 1.82) is 0 Å². The summed E-state index contributed by atoms with van der Waals surface area (Å²) in [6.07, 6.45) is 8.07. The van der Waals surface area contributed by atoms with Gasteiger partial charge in [0, 0.05) is 30.4 Å². The van der Waals surface area contributed by atoms with Crippen LogP contribution in [0.15, 0.2) is 35.1 Å². The maximum absolute atomic E-state index is 13.3. The highest BCUT2D eigenvalue weighted by Gasteiger charge is 2.28. The molecular weight excluding hydrogens is 376 g/mol. The van der Waals surface area contributed by atoms with Crippen LogP contribution < -0.4 is 5.32 Å². The summed E-state index contributed by atoms with van der Waals surface area (Å²) in [6, 6.07) is 5.53. The van der Waals surface area contributed by atoms with Crippen LogP contribution in [0.25, 0.3) is 5.00 Å². The molecule has 7 nitrogen and oxygen atoms in total. The zero-order chi connectivity index (χ0) is 19.7. The van der Waals surface area contributed by atoms with E-state index < -0.39 is 0 Å². The van der Waals surface area contributed by atoms with Crippen LogP contribution in [0.5, 0.6) is 0 Å². The molecule has 146 valence electrons. The molecule has 3 aromatic heterocycles. The lowest BCUT2D eigenvalue weighted by Gasteiger charge is -2.19. The number of likely N-dealkylation sites (N-methyl/N-ethyl adjacent to an activating group) is 1. The molecule has 0 saturated heterocycles. The topological polar surface area (TPSA) is 80.4 Å². The molecule has 0 atom stereocenters. The number of nitrogens with zero attached hydrogens (tertiary/aromatic N) is 3. The van der Waals surface area contributed by atoms with Crippen LogP contribution in [-0.2, 0) is 17.6 Å². The van der Waals surface area contributed by atoms with E-state index in [1.165, 1.54) is 9.78 Å². The summed E-state index contributed by atoms with van der Waals surface area (Å²) < 4.78 is 6.94. The summed E-state index contributed by atoms with van der Waals surface area (Å²) in [7, 11) is 1.66. The number of carbonyl (C=O) groups excluding carboxylic acids is 2. The Morgan fingerprint density at radius 1 is 1.29 bits per heavy atom. The third-order valence-electron chi connectivity index (χ3n) is 4.83. The molecular formula is C20H22N4O3S. The highest BCUT2D eigenvalue weighted by molar-refractivity contribution is 7.15. The molecule has 0 radical (unpaired) electrons. The Hall–Kier alpha value is -2.87. The SMILES string of the molecule is Cc1cc(NC(=O)CN(C)C(=O)c2c(-n3cccc3)sc3c2CCCC3)no1. The summed E-state index contributed by atoms with van der Waals surface area (Å²) in [5, 5.41) is 7.34. The Balaban J connectivity index is 1.56. The van der Waals surface area contributed by atoms with Crippen molar-refractivity contribution in [3.63, 3.8) is 0 Å². The number of anilines is 1. The maximum atomic E-state index is 13.3. The summed E-state index contributed by atoms with van der Waals surface area (Å²) in [6.45, 7) is 1.70. The standard InChI is InChI=1S/C20H22N4O3S/c1-13-11-16(22-27-13)21-17(25)12-23(2)19(26)18-14-7-3-4-8-15(14)28-20(18)24-9-5-6-10-24/h5-6,9-11H,3-4,7-8,12H2,1-2H3,(H,21,22,25). The van der Waals surface area contributed by atoms with Gasteiger partial charge in [0.05, 0.1) is 12.1 Å². The van der Waals surface area contributed by atoms with Crippen molar-refractivity contribution in [2.75, 3.05) is 18.9 Å². The minimum absolute atomic E-state index is 0.0551. The third-order valence-corrected chi connectivity index (χ3v) is 6.13. The summed E-state index contributed by atoms with van der Waals surface area (Å²) in [5.74, 6) is 0.524. The van der Waals surface area contributed by atoms with E-state index in [1.807, 2.05) is 29.1 Å². The highest BCUT2D eigenvalue weighted by atomic mass is 32.1. The molecule has 0 aliphatic heterocycles. The largest absolute Gasteiger partial charge is 0.360 e. The summed E-state index contributed by atoms with van der Waals surface area (Å²) in [4.78, 5) is 28.4. The quantitative estimate of drug-likeness (QED) is 0.714. The Labute approximate surface area is 166 Å². The van der Waals surface area contributed by atoms with Gasteiger partial charge in [0.15, 0.2) is 5.82 Å². The van der Waals surface area contributed by atoms with Crippen molar-refractivity contribution in [1.82, 2.24) is 14.6 Å². The van der Waals surface area contributed by atoms with Gasteiger partial charge >= 0.3 is 0 Å². The predicted molar refractivity (Wildman–Crippen MR) is 107 cm³/mol. The maximum Gasteiger partial charge on any atom is 0.257 e. The number of aromatic nitrogens is 2. The molecule has 1 N–H and O–H groups in total. The van der Waals surface area contributed by atoms with Gasteiger partial charge in [0.1, 0.15) is 10.8 Å². The second-order valence-corrected chi connectivity index (χ2v) is 8.10. The average molecular weight is 398 g/mol. The second kappa shape index (κ2) is 7.63. The van der Waals surface area contributed by atoms with Crippen LogP contribution in [0.1, 0.15) is 39.4 Å². The van der Waals surface area contributed by atoms with Gasteiger partial charge in [-0.1, -0.05) is 5.16 Å². The molecule has 1 aliphatic carbocycles. The predicted octanol–water partition coefficient (Wildman–Crippen LogP) is 3.42. The molecule has 8 heteroatoms. The molecule has 0 aromatic carbocycles. The number of hydrogen-bond donors (Lipinski definition) is 1. The Kier molecular flexibility index (Phi) is 5.04. The zero-order valence-electron chi connectivity index (χ0n) is 15.9. The van der Waals surface area contributed by atoms with Crippen LogP contribution in [0.2, 0.25) is 0 Å². The first-order valence-corrected chi connectivity index (χ1v) is 10.1. The lowest BCUT2D eigenvalue weighted by atomic mass is 9.95. The normalized spacial score (nSPS) is 13.2. The van der Waals surface area contributed by atoms with E-state index in [0.717, 1.165) is 41.8 Å². The van der Waals surface area contributed by atoms with E-state index in [0.29, 0.717) is 11.6 Å². The molecule has 0 spiro atoms. The van der Waals surface area contributed by atoms with E-state index in [2.05, 4.69) is 10.5 Å². The van der Waals surface area contributed by atoms with Crippen molar-refractivity contribution in [2.24, 2.45) is 0 Å². The molecule has 28 heavy (non-hydrogen) atoms. The highest BCUT2D eigenvalue weighted by Crippen LogP contribution is 2.37.